The Labute approximate surface area is 84.1 Å². The molecule has 0 spiro atoms. The minimum absolute atomic E-state index is 0.147. The molecule has 72 valence electrons. The van der Waals surface area contributed by atoms with Crippen LogP contribution in [0.5, 0.6) is 0 Å². The maximum Gasteiger partial charge on any atom is 0.417 e. The van der Waals surface area contributed by atoms with Crippen LogP contribution in [-0.4, -0.2) is 0 Å². The first-order valence-corrected chi connectivity index (χ1v) is 4.21. The van der Waals surface area contributed by atoms with E-state index in [0.717, 1.165) is 6.07 Å². The fourth-order valence-corrected chi connectivity index (χ4v) is 1.50. The van der Waals surface area contributed by atoms with Gasteiger partial charge < -0.3 is 0 Å². The van der Waals surface area contributed by atoms with Crippen molar-refractivity contribution >= 4 is 24.2 Å². The third kappa shape index (κ3) is 2.31. The summed E-state index contributed by atoms with van der Waals surface area (Å²) in [5.74, 6) is 0. The van der Waals surface area contributed by atoms with E-state index < -0.39 is 11.7 Å². The summed E-state index contributed by atoms with van der Waals surface area (Å²) in [5.41, 5.74) is -0.346. The number of hydrogen-bond donors (Lipinski definition) is 1. The molecule has 1 aromatic carbocycles. The molecule has 0 aliphatic rings. The van der Waals surface area contributed by atoms with Crippen molar-refractivity contribution in [1.82, 2.24) is 0 Å². The van der Waals surface area contributed by atoms with Crippen molar-refractivity contribution in [2.45, 2.75) is 18.0 Å². The summed E-state index contributed by atoms with van der Waals surface area (Å²) in [7, 11) is 0. The van der Waals surface area contributed by atoms with Crippen molar-refractivity contribution in [3.8, 4) is 0 Å². The van der Waals surface area contributed by atoms with Crippen LogP contribution >= 0.6 is 24.2 Å². The number of alkyl halides is 3. The minimum Gasteiger partial charge on any atom is -0.166 e. The lowest BCUT2D eigenvalue weighted by atomic mass is 10.1. The molecule has 0 nitrogen and oxygen atoms in total. The van der Waals surface area contributed by atoms with E-state index >= 15 is 0 Å². The lowest BCUT2D eigenvalue weighted by molar-refractivity contribution is -0.137. The Morgan fingerprint density at radius 1 is 1.31 bits per heavy atom. The van der Waals surface area contributed by atoms with Gasteiger partial charge in [-0.25, -0.2) is 0 Å². The molecule has 1 aromatic rings. The van der Waals surface area contributed by atoms with Crippen molar-refractivity contribution in [3.05, 3.63) is 28.3 Å². The largest absolute Gasteiger partial charge is 0.417 e. The van der Waals surface area contributed by atoms with Crippen LogP contribution in [-0.2, 0) is 6.18 Å². The average molecular weight is 227 g/mol. The molecule has 0 N–H and O–H groups in total. The van der Waals surface area contributed by atoms with Crippen molar-refractivity contribution in [1.29, 1.82) is 0 Å². The monoisotopic (exact) mass is 226 g/mol. The number of aryl methyl sites for hydroxylation is 1. The van der Waals surface area contributed by atoms with Crippen LogP contribution in [0.1, 0.15) is 11.1 Å². The van der Waals surface area contributed by atoms with E-state index in [1.807, 2.05) is 0 Å². The van der Waals surface area contributed by atoms with E-state index in [-0.39, 0.29) is 9.92 Å². The highest BCUT2D eigenvalue weighted by molar-refractivity contribution is 7.80. The zero-order valence-electron chi connectivity index (χ0n) is 6.61. The fraction of sp³-hybridized carbons (Fsp3) is 0.250. The fourth-order valence-electron chi connectivity index (χ4n) is 0.956. The van der Waals surface area contributed by atoms with Gasteiger partial charge in [0.1, 0.15) is 0 Å². The number of benzene rings is 1. The molecule has 13 heavy (non-hydrogen) atoms. The Morgan fingerprint density at radius 2 is 1.85 bits per heavy atom. The van der Waals surface area contributed by atoms with E-state index in [1.165, 1.54) is 6.07 Å². The lowest BCUT2D eigenvalue weighted by Crippen LogP contribution is -2.06. The molecule has 0 radical (unpaired) electrons. The Kier molecular flexibility index (Phi) is 2.82. The Bertz CT molecular complexity index is 333. The lowest BCUT2D eigenvalue weighted by Gasteiger charge is -2.11. The molecule has 0 atom stereocenters. The SMILES string of the molecule is Cc1cc(S)c(Cl)c(C(F)(F)F)c1. The Hall–Kier alpha value is -0.350. The van der Waals surface area contributed by atoms with Gasteiger partial charge >= 0.3 is 6.18 Å². The second-order valence-corrected chi connectivity index (χ2v) is 3.50. The van der Waals surface area contributed by atoms with Crippen LogP contribution in [0, 0.1) is 6.92 Å². The predicted molar refractivity (Wildman–Crippen MR) is 48.4 cm³/mol. The van der Waals surface area contributed by atoms with Gasteiger partial charge in [-0.05, 0) is 24.6 Å². The molecule has 0 saturated carbocycles. The van der Waals surface area contributed by atoms with E-state index in [4.69, 9.17) is 11.6 Å². The van der Waals surface area contributed by atoms with Gasteiger partial charge in [-0.15, -0.1) is 12.6 Å². The van der Waals surface area contributed by atoms with E-state index in [0.29, 0.717) is 5.56 Å². The predicted octanol–water partition coefficient (Wildman–Crippen LogP) is 3.96. The Balaban J connectivity index is 3.37. The zero-order valence-corrected chi connectivity index (χ0v) is 8.26. The molecule has 0 amide bonds. The van der Waals surface area contributed by atoms with Gasteiger partial charge in [-0.1, -0.05) is 11.6 Å². The van der Waals surface area contributed by atoms with Crippen molar-refractivity contribution in [2.75, 3.05) is 0 Å². The van der Waals surface area contributed by atoms with Gasteiger partial charge in [0.2, 0.25) is 0 Å². The minimum atomic E-state index is -4.42. The molecule has 0 aliphatic carbocycles. The number of thiol groups is 1. The molecule has 0 heterocycles. The second-order valence-electron chi connectivity index (χ2n) is 2.64. The van der Waals surface area contributed by atoms with Crippen molar-refractivity contribution < 1.29 is 13.2 Å². The Morgan fingerprint density at radius 3 is 2.31 bits per heavy atom. The summed E-state index contributed by atoms with van der Waals surface area (Å²) in [6.07, 6.45) is -4.42. The molecule has 5 heteroatoms. The van der Waals surface area contributed by atoms with Gasteiger partial charge in [0.25, 0.3) is 0 Å². The molecule has 0 bridgehead atoms. The zero-order chi connectivity index (χ0) is 10.2. The smallest absolute Gasteiger partial charge is 0.166 e. The quantitative estimate of drug-likeness (QED) is 0.636. The molecule has 0 aliphatic heterocycles. The summed E-state index contributed by atoms with van der Waals surface area (Å²) in [6.45, 7) is 1.56. The molecular formula is C8H6ClF3S. The van der Waals surface area contributed by atoms with E-state index in [2.05, 4.69) is 12.6 Å². The average Bonchev–Trinajstić information content (AvgIpc) is 1.94. The molecule has 0 aromatic heterocycles. The highest BCUT2D eigenvalue weighted by atomic mass is 35.5. The maximum absolute atomic E-state index is 12.3. The standard InChI is InChI=1S/C8H6ClF3S/c1-4-2-5(8(10,11)12)7(9)6(13)3-4/h2-3,13H,1H3. The topological polar surface area (TPSA) is 0 Å². The number of halogens is 4. The molecule has 0 saturated heterocycles. The van der Waals surface area contributed by atoms with Gasteiger partial charge in [0.05, 0.1) is 10.6 Å². The third-order valence-electron chi connectivity index (χ3n) is 1.50. The first-order chi connectivity index (χ1) is 5.82. The summed E-state index contributed by atoms with van der Waals surface area (Å²) in [5, 5.41) is -0.346. The third-order valence-corrected chi connectivity index (χ3v) is 2.39. The molecule has 1 rings (SSSR count). The summed E-state index contributed by atoms with van der Waals surface area (Å²) in [6, 6.07) is 2.49. The highest BCUT2D eigenvalue weighted by Crippen LogP contribution is 2.38. The summed E-state index contributed by atoms with van der Waals surface area (Å²) < 4.78 is 36.9. The van der Waals surface area contributed by atoms with Crippen LogP contribution in [0.2, 0.25) is 5.02 Å². The van der Waals surface area contributed by atoms with Gasteiger partial charge in [-0.2, -0.15) is 13.2 Å². The van der Waals surface area contributed by atoms with Crippen LogP contribution in [0.3, 0.4) is 0 Å². The van der Waals surface area contributed by atoms with E-state index in [9.17, 15) is 13.2 Å². The molecular weight excluding hydrogens is 221 g/mol. The van der Waals surface area contributed by atoms with Gasteiger partial charge in [-0.3, -0.25) is 0 Å². The summed E-state index contributed by atoms with van der Waals surface area (Å²) in [4.78, 5) is 0.147. The number of rotatable bonds is 0. The first-order valence-electron chi connectivity index (χ1n) is 3.38. The normalized spacial score (nSPS) is 11.8. The van der Waals surface area contributed by atoms with Crippen LogP contribution in [0.25, 0.3) is 0 Å². The summed E-state index contributed by atoms with van der Waals surface area (Å²) >= 11 is 9.29. The maximum atomic E-state index is 12.3. The highest BCUT2D eigenvalue weighted by Gasteiger charge is 2.33. The first kappa shape index (κ1) is 10.7. The van der Waals surface area contributed by atoms with Gasteiger partial charge in [0, 0.05) is 4.90 Å². The van der Waals surface area contributed by atoms with Crippen LogP contribution in [0.4, 0.5) is 13.2 Å². The van der Waals surface area contributed by atoms with Crippen LogP contribution < -0.4 is 0 Å². The molecule has 0 fully saturated rings. The van der Waals surface area contributed by atoms with Crippen molar-refractivity contribution in [3.63, 3.8) is 0 Å². The van der Waals surface area contributed by atoms with Crippen LogP contribution in [0.15, 0.2) is 17.0 Å². The second kappa shape index (κ2) is 3.42. The van der Waals surface area contributed by atoms with Gasteiger partial charge in [0.15, 0.2) is 0 Å². The molecule has 0 unspecified atom stereocenters. The number of hydrogen-bond acceptors (Lipinski definition) is 1. The van der Waals surface area contributed by atoms with E-state index in [1.54, 1.807) is 6.92 Å². The van der Waals surface area contributed by atoms with Crippen molar-refractivity contribution in [2.24, 2.45) is 0 Å².